The van der Waals surface area contributed by atoms with Crippen LogP contribution in [-0.4, -0.2) is 45.8 Å². The number of nitrogens with zero attached hydrogens (tertiary/aromatic N) is 3. The van der Waals surface area contributed by atoms with E-state index in [-0.39, 0.29) is 23.8 Å². The average Bonchev–Trinajstić information content (AvgIpc) is 3.44. The predicted molar refractivity (Wildman–Crippen MR) is 115 cm³/mol. The van der Waals surface area contributed by atoms with Crippen molar-refractivity contribution in [2.45, 2.75) is 52.4 Å². The van der Waals surface area contributed by atoms with Gasteiger partial charge in [-0.15, -0.1) is 0 Å². The Morgan fingerprint density at radius 2 is 2.03 bits per heavy atom. The van der Waals surface area contributed by atoms with Gasteiger partial charge in [-0.1, -0.05) is 62.9 Å². The minimum atomic E-state index is -0.262. The molecule has 1 aromatic heterocycles. The van der Waals surface area contributed by atoms with Gasteiger partial charge in [-0.3, -0.25) is 14.8 Å². The molecule has 31 heavy (non-hydrogen) atoms. The van der Waals surface area contributed by atoms with Gasteiger partial charge in [-0.2, -0.15) is 4.98 Å². The SMILES string of the molecule is CC(C)(CNC(=O)CC(CN(O)C=O)C1CCCC1)Cc1noc(-c2ccccc2)n1. The maximum Gasteiger partial charge on any atom is 0.257 e. The van der Waals surface area contributed by atoms with Crippen molar-refractivity contribution in [1.82, 2.24) is 20.5 Å². The largest absolute Gasteiger partial charge is 0.356 e. The molecule has 0 spiro atoms. The van der Waals surface area contributed by atoms with Gasteiger partial charge in [0.1, 0.15) is 0 Å². The van der Waals surface area contributed by atoms with Crippen molar-refractivity contribution in [1.29, 1.82) is 0 Å². The first kappa shape index (κ1) is 22.9. The zero-order valence-electron chi connectivity index (χ0n) is 18.3. The molecule has 1 aliphatic carbocycles. The number of amides is 2. The fourth-order valence-corrected chi connectivity index (χ4v) is 4.25. The Morgan fingerprint density at radius 3 is 2.71 bits per heavy atom. The number of hydrogen-bond acceptors (Lipinski definition) is 6. The van der Waals surface area contributed by atoms with Gasteiger partial charge < -0.3 is 9.84 Å². The lowest BCUT2D eigenvalue weighted by atomic mass is 9.86. The fourth-order valence-electron chi connectivity index (χ4n) is 4.25. The quantitative estimate of drug-likeness (QED) is 0.322. The van der Waals surface area contributed by atoms with Crippen LogP contribution in [0.4, 0.5) is 0 Å². The summed E-state index contributed by atoms with van der Waals surface area (Å²) in [5.41, 5.74) is 0.612. The number of carbonyl (C=O) groups excluding carboxylic acids is 2. The highest BCUT2D eigenvalue weighted by molar-refractivity contribution is 5.76. The number of benzene rings is 1. The monoisotopic (exact) mass is 428 g/mol. The predicted octanol–water partition coefficient (Wildman–Crippen LogP) is 3.47. The molecule has 3 rings (SSSR count). The summed E-state index contributed by atoms with van der Waals surface area (Å²) in [7, 11) is 0. The molecule has 0 radical (unpaired) electrons. The van der Waals surface area contributed by atoms with Crippen molar-refractivity contribution in [2.24, 2.45) is 17.3 Å². The summed E-state index contributed by atoms with van der Waals surface area (Å²) in [6, 6.07) is 9.61. The van der Waals surface area contributed by atoms with Gasteiger partial charge in [0, 0.05) is 24.9 Å². The lowest BCUT2D eigenvalue weighted by Gasteiger charge is -2.27. The van der Waals surface area contributed by atoms with Crippen LogP contribution in [0.1, 0.15) is 51.8 Å². The van der Waals surface area contributed by atoms with Crippen LogP contribution >= 0.6 is 0 Å². The molecule has 1 atom stereocenters. The summed E-state index contributed by atoms with van der Waals surface area (Å²) < 4.78 is 5.37. The van der Waals surface area contributed by atoms with Crippen LogP contribution < -0.4 is 5.32 Å². The van der Waals surface area contributed by atoms with Crippen LogP contribution in [-0.2, 0) is 16.0 Å². The number of rotatable bonds is 11. The van der Waals surface area contributed by atoms with E-state index in [4.69, 9.17) is 4.52 Å². The molecule has 2 N–H and O–H groups in total. The summed E-state index contributed by atoms with van der Waals surface area (Å²) in [4.78, 5) is 27.9. The van der Waals surface area contributed by atoms with Gasteiger partial charge >= 0.3 is 0 Å². The molecule has 0 bridgehead atoms. The molecule has 168 valence electrons. The Bertz CT molecular complexity index is 846. The Morgan fingerprint density at radius 1 is 1.32 bits per heavy atom. The van der Waals surface area contributed by atoms with E-state index in [0.29, 0.717) is 48.5 Å². The second-order valence-electron chi connectivity index (χ2n) is 9.24. The van der Waals surface area contributed by atoms with Gasteiger partial charge in [-0.05, 0) is 29.4 Å². The lowest BCUT2D eigenvalue weighted by Crippen LogP contribution is -2.38. The van der Waals surface area contributed by atoms with Crippen molar-refractivity contribution in [2.75, 3.05) is 13.1 Å². The molecule has 1 heterocycles. The van der Waals surface area contributed by atoms with Crippen molar-refractivity contribution < 1.29 is 19.3 Å². The summed E-state index contributed by atoms with van der Waals surface area (Å²) in [6.45, 7) is 4.75. The highest BCUT2D eigenvalue weighted by Crippen LogP contribution is 2.33. The van der Waals surface area contributed by atoms with Gasteiger partial charge in [0.25, 0.3) is 5.89 Å². The van der Waals surface area contributed by atoms with Crippen LogP contribution in [0.15, 0.2) is 34.9 Å². The van der Waals surface area contributed by atoms with Gasteiger partial charge in [0.2, 0.25) is 12.3 Å². The topological polar surface area (TPSA) is 109 Å². The lowest BCUT2D eigenvalue weighted by molar-refractivity contribution is -0.154. The molecule has 2 aromatic rings. The van der Waals surface area contributed by atoms with E-state index in [1.807, 2.05) is 44.2 Å². The second kappa shape index (κ2) is 10.5. The third-order valence-electron chi connectivity index (χ3n) is 5.95. The number of nitrogens with one attached hydrogen (secondary N) is 1. The molecule has 1 fully saturated rings. The number of hydrogen-bond donors (Lipinski definition) is 2. The minimum Gasteiger partial charge on any atom is -0.356 e. The summed E-state index contributed by atoms with van der Waals surface area (Å²) in [5, 5.41) is 17.4. The summed E-state index contributed by atoms with van der Waals surface area (Å²) >= 11 is 0. The normalized spacial score (nSPS) is 15.6. The molecule has 2 amide bonds. The van der Waals surface area contributed by atoms with Crippen molar-refractivity contribution in [3.8, 4) is 11.5 Å². The van der Waals surface area contributed by atoms with E-state index < -0.39 is 0 Å². The van der Waals surface area contributed by atoms with E-state index in [1.165, 1.54) is 0 Å². The second-order valence-corrected chi connectivity index (χ2v) is 9.24. The third kappa shape index (κ3) is 6.89. The smallest absolute Gasteiger partial charge is 0.257 e. The molecule has 0 saturated heterocycles. The van der Waals surface area contributed by atoms with E-state index in [0.717, 1.165) is 31.2 Å². The molecule has 0 aliphatic heterocycles. The maximum absolute atomic E-state index is 12.6. The van der Waals surface area contributed by atoms with Crippen molar-refractivity contribution in [3.05, 3.63) is 36.2 Å². The molecular formula is C23H32N4O4. The van der Waals surface area contributed by atoms with Crippen molar-refractivity contribution in [3.63, 3.8) is 0 Å². The maximum atomic E-state index is 12.6. The van der Waals surface area contributed by atoms with Crippen LogP contribution in [0.2, 0.25) is 0 Å². The highest BCUT2D eigenvalue weighted by atomic mass is 16.5. The fraction of sp³-hybridized carbons (Fsp3) is 0.565. The number of hydroxylamine groups is 2. The Kier molecular flexibility index (Phi) is 7.79. The minimum absolute atomic E-state index is 0.0357. The third-order valence-corrected chi connectivity index (χ3v) is 5.95. The molecule has 1 aliphatic rings. The van der Waals surface area contributed by atoms with Gasteiger partial charge in [-0.25, -0.2) is 5.06 Å². The standard InChI is InChI=1S/C23H32N4O4/c1-23(2,13-20-25-22(31-26-20)18-10-4-3-5-11-18)15-24-21(29)12-19(14-27(30)16-28)17-8-6-7-9-17/h3-5,10-11,16-17,19,30H,6-9,12-15H2,1-2H3,(H,24,29). The van der Waals surface area contributed by atoms with Gasteiger partial charge in [0.15, 0.2) is 5.82 Å². The van der Waals surface area contributed by atoms with Crippen LogP contribution in [0.25, 0.3) is 11.5 Å². The first-order valence-electron chi connectivity index (χ1n) is 10.9. The molecule has 8 nitrogen and oxygen atoms in total. The zero-order valence-corrected chi connectivity index (χ0v) is 18.3. The highest BCUT2D eigenvalue weighted by Gasteiger charge is 2.29. The molecule has 8 heteroatoms. The summed E-state index contributed by atoms with van der Waals surface area (Å²) in [6.07, 6.45) is 5.61. The van der Waals surface area contributed by atoms with Gasteiger partial charge in [0.05, 0.1) is 6.54 Å². The van der Waals surface area contributed by atoms with E-state index in [9.17, 15) is 14.8 Å². The van der Waals surface area contributed by atoms with E-state index in [2.05, 4.69) is 15.5 Å². The van der Waals surface area contributed by atoms with E-state index in [1.54, 1.807) is 0 Å². The molecule has 1 saturated carbocycles. The van der Waals surface area contributed by atoms with Crippen LogP contribution in [0, 0.1) is 17.3 Å². The first-order valence-corrected chi connectivity index (χ1v) is 10.9. The van der Waals surface area contributed by atoms with Crippen molar-refractivity contribution >= 4 is 12.3 Å². The molecular weight excluding hydrogens is 396 g/mol. The van der Waals surface area contributed by atoms with Crippen LogP contribution in [0.3, 0.4) is 0 Å². The molecule has 1 aromatic carbocycles. The zero-order chi connectivity index (χ0) is 22.3. The Labute approximate surface area is 183 Å². The van der Waals surface area contributed by atoms with Crippen LogP contribution in [0.5, 0.6) is 0 Å². The van der Waals surface area contributed by atoms with E-state index >= 15 is 0 Å². The Balaban J connectivity index is 1.52. The molecule has 1 unspecified atom stereocenters. The first-order chi connectivity index (χ1) is 14.9. The average molecular weight is 429 g/mol. The number of carbonyl (C=O) groups is 2. The summed E-state index contributed by atoms with van der Waals surface area (Å²) in [5.74, 6) is 1.35. The Hall–Kier alpha value is -2.74. The number of aromatic nitrogens is 2.